The van der Waals surface area contributed by atoms with E-state index < -0.39 is 9.84 Å². The average molecular weight is 245 g/mol. The maximum atomic E-state index is 12.0. The maximum absolute atomic E-state index is 12.0. The van der Waals surface area contributed by atoms with Gasteiger partial charge in [0.1, 0.15) is 0 Å². The molecule has 1 fully saturated rings. The largest absolute Gasteiger partial charge is 0.339 e. The van der Waals surface area contributed by atoms with Crippen LogP contribution < -0.4 is 0 Å². The van der Waals surface area contributed by atoms with Gasteiger partial charge < -0.3 is 4.90 Å². The molecule has 1 aliphatic heterocycles. The molecule has 0 radical (unpaired) electrons. The predicted octanol–water partition coefficient (Wildman–Crippen LogP) is 0.846. The third kappa shape index (κ3) is 3.33. The van der Waals surface area contributed by atoms with Crippen LogP contribution in [-0.4, -0.2) is 43.8 Å². The van der Waals surface area contributed by atoms with Gasteiger partial charge in [0.15, 0.2) is 9.84 Å². The highest BCUT2D eigenvalue weighted by molar-refractivity contribution is 7.91. The molecule has 16 heavy (non-hydrogen) atoms. The van der Waals surface area contributed by atoms with Crippen molar-refractivity contribution in [2.24, 2.45) is 5.92 Å². The molecule has 0 aliphatic carbocycles. The van der Waals surface area contributed by atoms with Crippen molar-refractivity contribution in [3.8, 4) is 0 Å². The number of carbonyl (C=O) groups excluding carboxylic acids is 1. The first-order valence-corrected chi connectivity index (χ1v) is 7.31. The van der Waals surface area contributed by atoms with E-state index in [4.69, 9.17) is 0 Å². The van der Waals surface area contributed by atoms with Crippen LogP contribution in [0.25, 0.3) is 0 Å². The lowest BCUT2D eigenvalue weighted by molar-refractivity contribution is -0.134. The lowest BCUT2D eigenvalue weighted by Crippen LogP contribution is -2.37. The minimum absolute atomic E-state index is 0.0124. The van der Waals surface area contributed by atoms with E-state index in [1.54, 1.807) is 4.90 Å². The molecular formula is C11H19NO3S. The summed E-state index contributed by atoms with van der Waals surface area (Å²) in [6.45, 7) is 8.64. The molecule has 1 amide bonds. The van der Waals surface area contributed by atoms with E-state index in [9.17, 15) is 13.2 Å². The van der Waals surface area contributed by atoms with Gasteiger partial charge in [-0.15, -0.1) is 0 Å². The minimum Gasteiger partial charge on any atom is -0.339 e. The number of likely N-dealkylation sites (N-methyl/N-ethyl adjacent to an activating group) is 1. The van der Waals surface area contributed by atoms with Crippen molar-refractivity contribution >= 4 is 15.7 Å². The Morgan fingerprint density at radius 2 is 2.12 bits per heavy atom. The molecule has 1 unspecified atom stereocenters. The number of nitrogens with zero attached hydrogens (tertiary/aromatic N) is 1. The molecule has 1 rings (SSSR count). The quantitative estimate of drug-likeness (QED) is 0.690. The molecule has 1 aliphatic rings. The summed E-state index contributed by atoms with van der Waals surface area (Å²) < 4.78 is 22.6. The fraction of sp³-hybridized carbons (Fsp3) is 0.727. The van der Waals surface area contributed by atoms with E-state index in [-0.39, 0.29) is 23.3 Å². The van der Waals surface area contributed by atoms with Gasteiger partial charge in [-0.1, -0.05) is 12.2 Å². The SMILES string of the molecule is C=C(C)CN(CC)C(=O)C1CCS(=O)(=O)C1. The normalized spacial score (nSPS) is 23.0. The molecule has 0 aromatic heterocycles. The number of hydrogen-bond acceptors (Lipinski definition) is 3. The molecule has 0 spiro atoms. The van der Waals surface area contributed by atoms with Gasteiger partial charge in [0.2, 0.25) is 5.91 Å². The zero-order chi connectivity index (χ0) is 12.3. The Balaban J connectivity index is 2.66. The van der Waals surface area contributed by atoms with Gasteiger partial charge in [-0.2, -0.15) is 0 Å². The van der Waals surface area contributed by atoms with Gasteiger partial charge in [-0.05, 0) is 20.3 Å². The van der Waals surface area contributed by atoms with Crippen LogP contribution in [0.3, 0.4) is 0 Å². The minimum atomic E-state index is -2.98. The smallest absolute Gasteiger partial charge is 0.227 e. The molecule has 1 heterocycles. The van der Waals surface area contributed by atoms with Crippen LogP contribution in [0.5, 0.6) is 0 Å². The molecule has 0 aromatic rings. The van der Waals surface area contributed by atoms with Crippen molar-refractivity contribution in [3.05, 3.63) is 12.2 Å². The Kier molecular flexibility index (Phi) is 4.13. The summed E-state index contributed by atoms with van der Waals surface area (Å²) in [6, 6.07) is 0. The fourth-order valence-corrected chi connectivity index (χ4v) is 3.65. The Morgan fingerprint density at radius 3 is 2.50 bits per heavy atom. The van der Waals surface area contributed by atoms with Gasteiger partial charge >= 0.3 is 0 Å². The highest BCUT2D eigenvalue weighted by Crippen LogP contribution is 2.20. The molecule has 0 N–H and O–H groups in total. The molecule has 92 valence electrons. The van der Waals surface area contributed by atoms with Gasteiger partial charge in [0, 0.05) is 13.1 Å². The first-order chi connectivity index (χ1) is 7.35. The standard InChI is InChI=1S/C11H19NO3S/c1-4-12(7-9(2)3)11(13)10-5-6-16(14,15)8-10/h10H,2,4-8H2,1,3H3. The van der Waals surface area contributed by atoms with Crippen LogP contribution in [0.4, 0.5) is 0 Å². The van der Waals surface area contributed by atoms with E-state index in [1.807, 2.05) is 13.8 Å². The summed E-state index contributed by atoms with van der Waals surface area (Å²) in [5.41, 5.74) is 0.913. The second-order valence-electron chi connectivity index (χ2n) is 4.41. The number of amides is 1. The van der Waals surface area contributed by atoms with E-state index in [0.29, 0.717) is 19.5 Å². The monoisotopic (exact) mass is 245 g/mol. The second kappa shape index (κ2) is 4.99. The predicted molar refractivity (Wildman–Crippen MR) is 63.8 cm³/mol. The van der Waals surface area contributed by atoms with Gasteiger partial charge in [-0.3, -0.25) is 4.79 Å². The molecule has 5 heteroatoms. The fourth-order valence-electron chi connectivity index (χ4n) is 1.92. The summed E-state index contributed by atoms with van der Waals surface area (Å²) in [6.07, 6.45) is 0.466. The number of sulfone groups is 1. The van der Waals surface area contributed by atoms with E-state index >= 15 is 0 Å². The number of carbonyl (C=O) groups is 1. The Bertz CT molecular complexity index is 386. The summed E-state index contributed by atoms with van der Waals surface area (Å²) in [7, 11) is -2.98. The van der Waals surface area contributed by atoms with Gasteiger partial charge in [0.25, 0.3) is 0 Å². The summed E-state index contributed by atoms with van der Waals surface area (Å²) >= 11 is 0. The lowest BCUT2D eigenvalue weighted by Gasteiger charge is -2.23. The zero-order valence-electron chi connectivity index (χ0n) is 9.90. The van der Waals surface area contributed by atoms with Crippen LogP contribution in [-0.2, 0) is 14.6 Å². The highest BCUT2D eigenvalue weighted by Gasteiger charge is 2.34. The first-order valence-electron chi connectivity index (χ1n) is 5.49. The van der Waals surface area contributed by atoms with E-state index in [2.05, 4.69) is 6.58 Å². The third-order valence-corrected chi connectivity index (χ3v) is 4.50. The molecular weight excluding hydrogens is 226 g/mol. The van der Waals surface area contributed by atoms with Crippen LogP contribution in [0, 0.1) is 5.92 Å². The van der Waals surface area contributed by atoms with Crippen molar-refractivity contribution in [2.45, 2.75) is 20.3 Å². The van der Waals surface area contributed by atoms with Crippen molar-refractivity contribution < 1.29 is 13.2 Å². The van der Waals surface area contributed by atoms with Crippen molar-refractivity contribution in [2.75, 3.05) is 24.6 Å². The second-order valence-corrected chi connectivity index (χ2v) is 6.64. The van der Waals surface area contributed by atoms with E-state index in [0.717, 1.165) is 5.57 Å². The molecule has 1 saturated heterocycles. The van der Waals surface area contributed by atoms with Crippen molar-refractivity contribution in [1.82, 2.24) is 4.90 Å². The summed E-state index contributed by atoms with van der Waals surface area (Å²) in [5.74, 6) is -0.233. The number of rotatable bonds is 4. The Labute approximate surface area is 97.2 Å². The average Bonchev–Trinajstić information content (AvgIpc) is 2.54. The maximum Gasteiger partial charge on any atom is 0.227 e. The zero-order valence-corrected chi connectivity index (χ0v) is 10.7. The van der Waals surface area contributed by atoms with Gasteiger partial charge in [0.05, 0.1) is 17.4 Å². The number of hydrogen-bond donors (Lipinski definition) is 0. The molecule has 0 aromatic carbocycles. The Hall–Kier alpha value is -0.840. The van der Waals surface area contributed by atoms with Crippen LogP contribution in [0.15, 0.2) is 12.2 Å². The molecule has 4 nitrogen and oxygen atoms in total. The highest BCUT2D eigenvalue weighted by atomic mass is 32.2. The van der Waals surface area contributed by atoms with Crippen LogP contribution in [0.2, 0.25) is 0 Å². The third-order valence-electron chi connectivity index (χ3n) is 2.74. The molecule has 0 bridgehead atoms. The summed E-state index contributed by atoms with van der Waals surface area (Å²) in [4.78, 5) is 13.7. The Morgan fingerprint density at radius 1 is 1.50 bits per heavy atom. The van der Waals surface area contributed by atoms with Crippen LogP contribution in [0.1, 0.15) is 20.3 Å². The molecule has 1 atom stereocenters. The van der Waals surface area contributed by atoms with Crippen molar-refractivity contribution in [1.29, 1.82) is 0 Å². The van der Waals surface area contributed by atoms with Gasteiger partial charge in [-0.25, -0.2) is 8.42 Å². The van der Waals surface area contributed by atoms with E-state index in [1.165, 1.54) is 0 Å². The van der Waals surface area contributed by atoms with Crippen molar-refractivity contribution in [3.63, 3.8) is 0 Å². The molecule has 0 saturated carbocycles. The first kappa shape index (κ1) is 13.2. The lowest BCUT2D eigenvalue weighted by atomic mass is 10.1. The summed E-state index contributed by atoms with van der Waals surface area (Å²) in [5, 5.41) is 0. The topological polar surface area (TPSA) is 54.5 Å². The van der Waals surface area contributed by atoms with Crippen LogP contribution >= 0.6 is 0 Å².